The average Bonchev–Trinajstić information content (AvgIpc) is 2.98. The summed E-state index contributed by atoms with van der Waals surface area (Å²) < 4.78 is 1.66. The van der Waals surface area contributed by atoms with Crippen LogP contribution < -0.4 is 10.9 Å². The summed E-state index contributed by atoms with van der Waals surface area (Å²) in [5, 5.41) is 4.52. The van der Waals surface area contributed by atoms with Crippen molar-refractivity contribution in [1.82, 2.24) is 29.4 Å². The van der Waals surface area contributed by atoms with Gasteiger partial charge in [0.15, 0.2) is 0 Å². The summed E-state index contributed by atoms with van der Waals surface area (Å²) in [7, 11) is 2.18. The number of hydrogen-bond acceptors (Lipinski definition) is 7. The molecule has 3 aromatic heterocycles. The number of fused-ring (bicyclic) bond motifs is 1. The molecule has 1 fully saturated rings. The van der Waals surface area contributed by atoms with Crippen molar-refractivity contribution in [2.45, 2.75) is 32.2 Å². The van der Waals surface area contributed by atoms with Crippen molar-refractivity contribution in [2.75, 3.05) is 25.5 Å². The molecule has 0 atom stereocenters. The minimum absolute atomic E-state index is 0.156. The standard InChI is InChI=1S/C31H30ClN7O/c1-3-39-29-23(16-26(30(39)40)25-9-6-22(17-27(25)32)28-19-33-12-13-34-28)18-35-31(37-29)36-24-7-4-20(5-8-24)21-10-14-38(2)15-11-21/h4-9,12-13,16-19,21H,3,10-11,14-15H2,1-2H3,(H,35,36,37). The predicted molar refractivity (Wildman–Crippen MR) is 160 cm³/mol. The molecule has 1 aliphatic rings. The smallest absolute Gasteiger partial charge is 0.260 e. The molecular formula is C31H30ClN7O. The van der Waals surface area contributed by atoms with E-state index >= 15 is 0 Å². The van der Waals surface area contributed by atoms with Gasteiger partial charge in [-0.25, -0.2) is 4.98 Å². The van der Waals surface area contributed by atoms with Gasteiger partial charge in [0.25, 0.3) is 5.56 Å². The Morgan fingerprint density at radius 2 is 1.77 bits per heavy atom. The Balaban J connectivity index is 1.28. The van der Waals surface area contributed by atoms with E-state index in [0.717, 1.165) is 29.7 Å². The van der Waals surface area contributed by atoms with Crippen LogP contribution >= 0.6 is 11.6 Å². The van der Waals surface area contributed by atoms with Crippen LogP contribution in [-0.2, 0) is 6.54 Å². The molecule has 1 N–H and O–H groups in total. The Kier molecular flexibility index (Phi) is 7.28. The number of halogens is 1. The molecule has 6 rings (SSSR count). The normalized spacial score (nSPS) is 14.5. The second-order valence-electron chi connectivity index (χ2n) is 10.2. The number of benzene rings is 2. The van der Waals surface area contributed by atoms with Crippen LogP contribution in [0.25, 0.3) is 33.4 Å². The highest BCUT2D eigenvalue weighted by atomic mass is 35.5. The van der Waals surface area contributed by atoms with Gasteiger partial charge in [0.1, 0.15) is 5.65 Å². The molecule has 40 heavy (non-hydrogen) atoms. The van der Waals surface area contributed by atoms with Gasteiger partial charge >= 0.3 is 0 Å². The highest BCUT2D eigenvalue weighted by Crippen LogP contribution is 2.32. The topological polar surface area (TPSA) is 88.8 Å². The second kappa shape index (κ2) is 11.2. The zero-order chi connectivity index (χ0) is 27.6. The molecule has 4 heterocycles. The minimum atomic E-state index is -0.156. The summed E-state index contributed by atoms with van der Waals surface area (Å²) >= 11 is 6.68. The Labute approximate surface area is 237 Å². The third-order valence-electron chi connectivity index (χ3n) is 7.62. The molecule has 0 radical (unpaired) electrons. The fourth-order valence-corrected chi connectivity index (χ4v) is 5.64. The third kappa shape index (κ3) is 5.20. The first-order valence-corrected chi connectivity index (χ1v) is 13.9. The first-order valence-electron chi connectivity index (χ1n) is 13.5. The van der Waals surface area contributed by atoms with Crippen LogP contribution in [0.1, 0.15) is 31.2 Å². The maximum atomic E-state index is 13.6. The van der Waals surface area contributed by atoms with Crippen LogP contribution in [0.2, 0.25) is 5.02 Å². The van der Waals surface area contributed by atoms with Gasteiger partial charge in [-0.1, -0.05) is 35.9 Å². The SMILES string of the molecule is CCn1c(=O)c(-c2ccc(-c3cnccn3)cc2Cl)cc2cnc(Nc3ccc(C4CCN(C)CC4)cc3)nc21. The van der Waals surface area contributed by atoms with E-state index in [0.29, 0.717) is 45.9 Å². The Hall–Kier alpha value is -4.14. The summed E-state index contributed by atoms with van der Waals surface area (Å²) in [5.41, 5.74) is 5.39. The molecule has 5 aromatic rings. The van der Waals surface area contributed by atoms with Gasteiger partial charge in [0, 0.05) is 57.9 Å². The van der Waals surface area contributed by atoms with Gasteiger partial charge in [-0.2, -0.15) is 4.98 Å². The lowest BCUT2D eigenvalue weighted by Crippen LogP contribution is -2.29. The summed E-state index contributed by atoms with van der Waals surface area (Å²) in [5.74, 6) is 1.05. The molecule has 202 valence electrons. The summed E-state index contributed by atoms with van der Waals surface area (Å²) in [4.78, 5) is 33.7. The van der Waals surface area contributed by atoms with Crippen LogP contribution in [0, 0.1) is 0 Å². The Morgan fingerprint density at radius 3 is 2.48 bits per heavy atom. The number of pyridine rings is 1. The van der Waals surface area contributed by atoms with E-state index in [1.165, 1.54) is 18.4 Å². The highest BCUT2D eigenvalue weighted by molar-refractivity contribution is 6.33. The van der Waals surface area contributed by atoms with E-state index in [9.17, 15) is 4.79 Å². The summed E-state index contributed by atoms with van der Waals surface area (Å²) in [6.07, 6.45) is 9.05. The van der Waals surface area contributed by atoms with E-state index in [1.807, 2.05) is 31.2 Å². The molecule has 0 aliphatic carbocycles. The van der Waals surface area contributed by atoms with E-state index < -0.39 is 0 Å². The summed E-state index contributed by atoms with van der Waals surface area (Å²) in [6, 6.07) is 15.9. The molecule has 0 bridgehead atoms. The van der Waals surface area contributed by atoms with Gasteiger partial charge in [-0.05, 0) is 75.6 Å². The van der Waals surface area contributed by atoms with Crippen molar-refractivity contribution in [3.8, 4) is 22.4 Å². The molecule has 2 aromatic carbocycles. The number of rotatable bonds is 6. The van der Waals surface area contributed by atoms with Crippen molar-refractivity contribution >= 4 is 34.3 Å². The van der Waals surface area contributed by atoms with Crippen LogP contribution in [0.4, 0.5) is 11.6 Å². The van der Waals surface area contributed by atoms with E-state index in [4.69, 9.17) is 16.6 Å². The maximum Gasteiger partial charge on any atom is 0.260 e. The Morgan fingerprint density at radius 1 is 0.975 bits per heavy atom. The van der Waals surface area contributed by atoms with E-state index in [2.05, 4.69) is 56.5 Å². The van der Waals surface area contributed by atoms with Crippen LogP contribution in [0.15, 0.2) is 78.1 Å². The monoisotopic (exact) mass is 551 g/mol. The lowest BCUT2D eigenvalue weighted by Gasteiger charge is -2.29. The van der Waals surface area contributed by atoms with Crippen LogP contribution in [0.3, 0.4) is 0 Å². The van der Waals surface area contributed by atoms with Crippen molar-refractivity contribution in [1.29, 1.82) is 0 Å². The first-order chi connectivity index (χ1) is 19.5. The lowest BCUT2D eigenvalue weighted by molar-refractivity contribution is 0.255. The molecular weight excluding hydrogens is 522 g/mol. The molecule has 9 heteroatoms. The lowest BCUT2D eigenvalue weighted by atomic mass is 9.89. The number of anilines is 2. The van der Waals surface area contributed by atoms with Crippen molar-refractivity contribution in [2.24, 2.45) is 0 Å². The second-order valence-corrected chi connectivity index (χ2v) is 10.6. The van der Waals surface area contributed by atoms with Crippen molar-refractivity contribution in [3.63, 3.8) is 0 Å². The number of nitrogens with one attached hydrogen (secondary N) is 1. The van der Waals surface area contributed by atoms with Crippen LogP contribution in [0.5, 0.6) is 0 Å². The number of aromatic nitrogens is 5. The molecule has 1 aliphatic heterocycles. The molecule has 8 nitrogen and oxygen atoms in total. The molecule has 1 saturated heterocycles. The van der Waals surface area contributed by atoms with Crippen LogP contribution in [-0.4, -0.2) is 49.5 Å². The largest absolute Gasteiger partial charge is 0.324 e. The Bertz CT molecular complexity index is 1710. The van der Waals surface area contributed by atoms with Gasteiger partial charge < -0.3 is 10.2 Å². The zero-order valence-corrected chi connectivity index (χ0v) is 23.3. The quantitative estimate of drug-likeness (QED) is 0.271. The molecule has 0 unspecified atom stereocenters. The van der Waals surface area contributed by atoms with Gasteiger partial charge in [0.05, 0.1) is 11.9 Å². The first kappa shape index (κ1) is 26.1. The highest BCUT2D eigenvalue weighted by Gasteiger charge is 2.19. The predicted octanol–water partition coefficient (Wildman–Crippen LogP) is 6.14. The van der Waals surface area contributed by atoms with Crippen molar-refractivity contribution < 1.29 is 0 Å². The number of nitrogens with zero attached hydrogens (tertiary/aromatic N) is 6. The summed E-state index contributed by atoms with van der Waals surface area (Å²) in [6.45, 7) is 4.66. The van der Waals surface area contributed by atoms with Gasteiger partial charge in [-0.3, -0.25) is 19.3 Å². The third-order valence-corrected chi connectivity index (χ3v) is 7.93. The van der Waals surface area contributed by atoms with Gasteiger partial charge in [-0.15, -0.1) is 0 Å². The molecule has 0 amide bonds. The fraction of sp³-hybridized carbons (Fsp3) is 0.258. The maximum absolute atomic E-state index is 13.6. The zero-order valence-electron chi connectivity index (χ0n) is 22.5. The van der Waals surface area contributed by atoms with E-state index in [-0.39, 0.29) is 5.56 Å². The van der Waals surface area contributed by atoms with Gasteiger partial charge in [0.2, 0.25) is 5.95 Å². The number of likely N-dealkylation sites (tertiary alicyclic amines) is 1. The fourth-order valence-electron chi connectivity index (χ4n) is 5.36. The minimum Gasteiger partial charge on any atom is -0.324 e. The molecule has 0 spiro atoms. The number of piperidine rings is 1. The van der Waals surface area contributed by atoms with E-state index in [1.54, 1.807) is 29.4 Å². The van der Waals surface area contributed by atoms with Crippen molar-refractivity contribution in [3.05, 3.63) is 94.3 Å². The molecule has 0 saturated carbocycles. The number of aryl methyl sites for hydroxylation is 1. The average molecular weight is 552 g/mol. The number of hydrogen-bond donors (Lipinski definition) is 1.